The maximum absolute atomic E-state index is 13.4. The van der Waals surface area contributed by atoms with Crippen LogP contribution >= 0.6 is 23.4 Å². The Morgan fingerprint density at radius 1 is 1.24 bits per heavy atom. The van der Waals surface area contributed by atoms with Gasteiger partial charge in [0.1, 0.15) is 6.61 Å². The van der Waals surface area contributed by atoms with Crippen LogP contribution in [-0.2, 0) is 23.9 Å². The van der Waals surface area contributed by atoms with Gasteiger partial charge in [-0.2, -0.15) is 0 Å². The average Bonchev–Trinajstić information content (AvgIpc) is 3.28. The Bertz CT molecular complexity index is 1180. The van der Waals surface area contributed by atoms with E-state index in [1.54, 1.807) is 30.9 Å². The highest BCUT2D eigenvalue weighted by atomic mass is 35.5. The van der Waals surface area contributed by atoms with Gasteiger partial charge in [0.05, 0.1) is 36.3 Å². The molecule has 0 spiro atoms. The summed E-state index contributed by atoms with van der Waals surface area (Å²) >= 11 is 7.56. The Balaban J connectivity index is 1.60. The monoisotopic (exact) mass is 543 g/mol. The number of rotatable bonds is 8. The number of aliphatic imine (C=N–C) groups is 1. The van der Waals surface area contributed by atoms with E-state index in [0.29, 0.717) is 47.6 Å². The number of amides is 1. The summed E-state index contributed by atoms with van der Waals surface area (Å²) in [7, 11) is 0. The number of fused-ring (bicyclic) bond motifs is 1. The predicted octanol–water partition coefficient (Wildman–Crippen LogP) is 4.84. The van der Waals surface area contributed by atoms with Crippen molar-refractivity contribution >= 4 is 46.4 Å². The van der Waals surface area contributed by atoms with Crippen molar-refractivity contribution in [1.82, 2.24) is 9.80 Å². The standard InChI is InChI=1S/C27H30ClN3O5S/c1-4-13-36-26(34)23-17(3)29-27-31(24(23)18-8-10-20(28)11-9-18)21(16-37-27)14-22(32)30-12-6-7-19(15-30)25(33)35-5-2/h4,8-11,16,19,24H,1,5-7,12-15H2,2-3H3. The van der Waals surface area contributed by atoms with Crippen molar-refractivity contribution in [3.63, 3.8) is 0 Å². The van der Waals surface area contributed by atoms with E-state index in [4.69, 9.17) is 21.1 Å². The molecular formula is C27H30ClN3O5S. The van der Waals surface area contributed by atoms with E-state index in [9.17, 15) is 14.4 Å². The summed E-state index contributed by atoms with van der Waals surface area (Å²) in [5.74, 6) is -1.14. The van der Waals surface area contributed by atoms with Gasteiger partial charge in [0.25, 0.3) is 0 Å². The highest BCUT2D eigenvalue weighted by Gasteiger charge is 2.41. The molecule has 3 aliphatic heterocycles. The van der Waals surface area contributed by atoms with Crippen LogP contribution in [0.4, 0.5) is 0 Å². The van der Waals surface area contributed by atoms with E-state index in [2.05, 4.69) is 11.6 Å². The molecule has 3 aliphatic rings. The fourth-order valence-corrected chi connectivity index (χ4v) is 5.82. The zero-order chi connectivity index (χ0) is 26.5. The minimum atomic E-state index is -0.537. The zero-order valence-electron chi connectivity index (χ0n) is 20.9. The molecule has 1 saturated heterocycles. The molecule has 2 unspecified atom stereocenters. The number of carbonyl (C=O) groups is 3. The number of hydrogen-bond donors (Lipinski definition) is 0. The van der Waals surface area contributed by atoms with Gasteiger partial charge in [-0.3, -0.25) is 9.59 Å². The number of benzene rings is 1. The summed E-state index contributed by atoms with van der Waals surface area (Å²) in [6.45, 7) is 8.52. The Labute approximate surface area is 226 Å². The molecule has 0 N–H and O–H groups in total. The number of piperidine rings is 1. The lowest BCUT2D eigenvalue weighted by atomic mass is 9.93. The van der Waals surface area contributed by atoms with E-state index >= 15 is 0 Å². The lowest BCUT2D eigenvalue weighted by Gasteiger charge is -2.37. The number of allylic oxidation sites excluding steroid dienone is 1. The summed E-state index contributed by atoms with van der Waals surface area (Å²) in [6, 6.07) is 6.73. The highest BCUT2D eigenvalue weighted by molar-refractivity contribution is 8.16. The summed E-state index contributed by atoms with van der Waals surface area (Å²) in [4.78, 5) is 47.1. The number of hydrogen-bond acceptors (Lipinski definition) is 8. The van der Waals surface area contributed by atoms with E-state index < -0.39 is 12.0 Å². The molecule has 1 aromatic rings. The van der Waals surface area contributed by atoms with Crippen LogP contribution in [0, 0.1) is 5.92 Å². The molecular weight excluding hydrogens is 514 g/mol. The summed E-state index contributed by atoms with van der Waals surface area (Å²) in [5.41, 5.74) is 2.51. The topological polar surface area (TPSA) is 88.5 Å². The number of ether oxygens (including phenoxy) is 2. The number of carbonyl (C=O) groups excluding carboxylic acids is 3. The Kier molecular flexibility index (Phi) is 8.76. The lowest BCUT2D eigenvalue weighted by Crippen LogP contribution is -2.44. The number of nitrogens with zero attached hydrogens (tertiary/aromatic N) is 3. The van der Waals surface area contributed by atoms with Gasteiger partial charge >= 0.3 is 11.9 Å². The molecule has 10 heteroatoms. The van der Waals surface area contributed by atoms with E-state index in [1.807, 2.05) is 22.4 Å². The van der Waals surface area contributed by atoms with Crippen LogP contribution in [0.3, 0.4) is 0 Å². The number of esters is 2. The normalized spacial score (nSPS) is 21.2. The third-order valence-corrected chi connectivity index (χ3v) is 7.61. The number of thioether (sulfide) groups is 1. The van der Waals surface area contributed by atoms with Crippen molar-refractivity contribution in [2.45, 2.75) is 39.2 Å². The van der Waals surface area contributed by atoms with Gasteiger partial charge in [0.15, 0.2) is 5.17 Å². The first-order valence-electron chi connectivity index (χ1n) is 12.3. The van der Waals surface area contributed by atoms with Crippen molar-refractivity contribution in [1.29, 1.82) is 0 Å². The van der Waals surface area contributed by atoms with Crippen LogP contribution in [0.5, 0.6) is 0 Å². The van der Waals surface area contributed by atoms with Crippen LogP contribution in [0.15, 0.2) is 64.3 Å². The molecule has 0 radical (unpaired) electrons. The van der Waals surface area contributed by atoms with Crippen molar-refractivity contribution in [2.24, 2.45) is 10.9 Å². The number of halogens is 1. The molecule has 4 rings (SSSR count). The quantitative estimate of drug-likeness (QED) is 0.342. The van der Waals surface area contributed by atoms with E-state index in [-0.39, 0.29) is 30.8 Å². The molecule has 1 amide bonds. The fraction of sp³-hybridized carbons (Fsp3) is 0.407. The molecule has 0 saturated carbocycles. The molecule has 0 aromatic heterocycles. The van der Waals surface area contributed by atoms with Gasteiger partial charge in [0.2, 0.25) is 5.91 Å². The molecule has 2 atom stereocenters. The third-order valence-electron chi connectivity index (χ3n) is 6.46. The van der Waals surface area contributed by atoms with Gasteiger partial charge in [-0.1, -0.05) is 48.2 Å². The van der Waals surface area contributed by atoms with Crippen LogP contribution in [-0.4, -0.2) is 59.1 Å². The Hall–Kier alpha value is -3.04. The van der Waals surface area contributed by atoms with E-state index in [1.165, 1.54) is 17.8 Å². The van der Waals surface area contributed by atoms with Gasteiger partial charge in [0, 0.05) is 23.8 Å². The highest BCUT2D eigenvalue weighted by Crippen LogP contribution is 2.45. The molecule has 37 heavy (non-hydrogen) atoms. The summed E-state index contributed by atoms with van der Waals surface area (Å²) < 4.78 is 10.6. The lowest BCUT2D eigenvalue weighted by molar-refractivity contribution is -0.151. The first kappa shape index (κ1) is 27.0. The largest absolute Gasteiger partial charge is 0.466 e. The molecule has 0 bridgehead atoms. The Morgan fingerprint density at radius 2 is 2.00 bits per heavy atom. The molecule has 3 heterocycles. The minimum absolute atomic E-state index is 0.0754. The zero-order valence-corrected chi connectivity index (χ0v) is 22.5. The van der Waals surface area contributed by atoms with E-state index in [0.717, 1.165) is 17.7 Å². The second kappa shape index (κ2) is 12.0. The smallest absolute Gasteiger partial charge is 0.338 e. The number of likely N-dealkylation sites (tertiary alicyclic amines) is 1. The molecule has 0 aliphatic carbocycles. The molecule has 1 aromatic carbocycles. The van der Waals surface area contributed by atoms with Crippen molar-refractivity contribution in [3.05, 3.63) is 69.9 Å². The first-order chi connectivity index (χ1) is 17.8. The second-order valence-electron chi connectivity index (χ2n) is 8.94. The van der Waals surface area contributed by atoms with Crippen molar-refractivity contribution in [3.8, 4) is 0 Å². The predicted molar refractivity (Wildman–Crippen MR) is 144 cm³/mol. The van der Waals surface area contributed by atoms with Crippen LogP contribution < -0.4 is 0 Å². The van der Waals surface area contributed by atoms with Crippen molar-refractivity contribution in [2.75, 3.05) is 26.3 Å². The van der Waals surface area contributed by atoms with Crippen LogP contribution in [0.25, 0.3) is 0 Å². The third kappa shape index (κ3) is 5.93. The molecule has 8 nitrogen and oxygen atoms in total. The summed E-state index contributed by atoms with van der Waals surface area (Å²) in [6.07, 6.45) is 3.08. The second-order valence-corrected chi connectivity index (χ2v) is 10.2. The van der Waals surface area contributed by atoms with Gasteiger partial charge in [-0.05, 0) is 49.8 Å². The van der Waals surface area contributed by atoms with Crippen LogP contribution in [0.1, 0.15) is 44.7 Å². The van der Waals surface area contributed by atoms with Crippen LogP contribution in [0.2, 0.25) is 5.02 Å². The maximum Gasteiger partial charge on any atom is 0.338 e. The van der Waals surface area contributed by atoms with Crippen molar-refractivity contribution < 1.29 is 23.9 Å². The average molecular weight is 544 g/mol. The SMILES string of the molecule is C=CCOC(=O)C1=C(C)N=C2SC=C(CC(=O)N3CCCC(C(=O)OCC)C3)N2C1c1ccc(Cl)cc1. The molecule has 196 valence electrons. The minimum Gasteiger partial charge on any atom is -0.466 e. The fourth-order valence-electron chi connectivity index (χ4n) is 4.73. The van der Waals surface area contributed by atoms with Gasteiger partial charge < -0.3 is 19.3 Å². The molecule has 1 fully saturated rings. The van der Waals surface area contributed by atoms with Gasteiger partial charge in [-0.25, -0.2) is 9.79 Å². The Morgan fingerprint density at radius 3 is 2.70 bits per heavy atom. The first-order valence-corrected chi connectivity index (χ1v) is 13.5. The summed E-state index contributed by atoms with van der Waals surface area (Å²) in [5, 5.41) is 3.16. The van der Waals surface area contributed by atoms with Gasteiger partial charge in [-0.15, -0.1) is 0 Å². The maximum atomic E-state index is 13.4. The number of amidine groups is 1.